The lowest BCUT2D eigenvalue weighted by atomic mass is 9.92. The van der Waals surface area contributed by atoms with Crippen molar-refractivity contribution >= 4 is 12.0 Å². The van der Waals surface area contributed by atoms with Crippen LogP contribution in [0.5, 0.6) is 0 Å². The van der Waals surface area contributed by atoms with Crippen molar-refractivity contribution in [2.75, 3.05) is 7.11 Å². The van der Waals surface area contributed by atoms with E-state index < -0.39 is 0 Å². The Morgan fingerprint density at radius 1 is 1.32 bits per heavy atom. The Kier molecular flexibility index (Phi) is 4.78. The van der Waals surface area contributed by atoms with Gasteiger partial charge >= 0.3 is 5.97 Å². The molecule has 0 N–H and O–H groups in total. The molecule has 2 nitrogen and oxygen atoms in total. The van der Waals surface area contributed by atoms with Crippen molar-refractivity contribution in [2.45, 2.75) is 26.2 Å². The maximum Gasteiger partial charge on any atom is 0.308 e. The Balaban J connectivity index is 1.94. The first-order valence-electron chi connectivity index (χ1n) is 7.00. The number of methoxy groups -OCH3 is 1. The van der Waals surface area contributed by atoms with E-state index in [4.69, 9.17) is 4.74 Å². The van der Waals surface area contributed by atoms with Gasteiger partial charge < -0.3 is 4.74 Å². The number of esters is 1. The second-order valence-corrected chi connectivity index (χ2v) is 5.52. The summed E-state index contributed by atoms with van der Waals surface area (Å²) in [6.07, 6.45) is 7.37. The average molecular weight is 258 g/mol. The molecule has 1 unspecified atom stereocenters. The van der Waals surface area contributed by atoms with Crippen molar-refractivity contribution in [3.8, 4) is 0 Å². The molecule has 0 radical (unpaired) electrons. The van der Waals surface area contributed by atoms with Crippen LogP contribution >= 0.6 is 0 Å². The third-order valence-electron chi connectivity index (χ3n) is 3.98. The third-order valence-corrected chi connectivity index (χ3v) is 3.98. The Labute approximate surface area is 115 Å². The summed E-state index contributed by atoms with van der Waals surface area (Å²) in [6.45, 7) is 2.22. The Hall–Kier alpha value is -1.57. The maximum atomic E-state index is 11.8. The maximum absolute atomic E-state index is 11.8. The predicted octanol–water partition coefficient (Wildman–Crippen LogP) is 3.93. The molecule has 0 heterocycles. The van der Waals surface area contributed by atoms with Crippen molar-refractivity contribution in [2.24, 2.45) is 17.8 Å². The van der Waals surface area contributed by atoms with E-state index in [1.165, 1.54) is 12.7 Å². The molecule has 1 aromatic rings. The molecule has 1 aliphatic rings. The van der Waals surface area contributed by atoms with E-state index in [2.05, 4.69) is 31.2 Å². The molecule has 0 bridgehead atoms. The first kappa shape index (κ1) is 13.9. The summed E-state index contributed by atoms with van der Waals surface area (Å²) in [6, 6.07) is 10.3. The van der Waals surface area contributed by atoms with Crippen molar-refractivity contribution in [1.82, 2.24) is 0 Å². The standard InChI is InChI=1S/C17H22O2/c1-13-11-15(16(12-13)17(18)19-2)10-6-9-14-7-4-3-5-8-14/h3-9,13,15-16H,10-12H2,1-2H3/t13?,15-,16+/m1/s1. The highest BCUT2D eigenvalue weighted by Crippen LogP contribution is 2.39. The number of ether oxygens (including phenoxy) is 1. The van der Waals surface area contributed by atoms with Gasteiger partial charge in [-0.3, -0.25) is 4.79 Å². The van der Waals surface area contributed by atoms with Crippen LogP contribution in [-0.4, -0.2) is 13.1 Å². The molecule has 0 amide bonds. The van der Waals surface area contributed by atoms with Gasteiger partial charge in [0.25, 0.3) is 0 Å². The van der Waals surface area contributed by atoms with Crippen LogP contribution < -0.4 is 0 Å². The SMILES string of the molecule is COC(=O)[C@H]1CC(C)C[C@H]1CC=Cc1ccccc1. The Morgan fingerprint density at radius 3 is 2.74 bits per heavy atom. The first-order valence-corrected chi connectivity index (χ1v) is 7.00. The highest BCUT2D eigenvalue weighted by atomic mass is 16.5. The van der Waals surface area contributed by atoms with E-state index in [1.807, 2.05) is 18.2 Å². The minimum atomic E-state index is -0.0394. The molecule has 1 aromatic carbocycles. The number of carbonyl (C=O) groups excluding carboxylic acids is 1. The summed E-state index contributed by atoms with van der Waals surface area (Å²) in [4.78, 5) is 11.8. The summed E-state index contributed by atoms with van der Waals surface area (Å²) in [5.74, 6) is 1.10. The summed E-state index contributed by atoms with van der Waals surface area (Å²) >= 11 is 0. The molecule has 102 valence electrons. The van der Waals surface area contributed by atoms with Crippen molar-refractivity contribution in [1.29, 1.82) is 0 Å². The van der Waals surface area contributed by atoms with Gasteiger partial charge in [-0.25, -0.2) is 0 Å². The summed E-state index contributed by atoms with van der Waals surface area (Å²) in [5.41, 5.74) is 1.21. The summed E-state index contributed by atoms with van der Waals surface area (Å²) < 4.78 is 4.91. The second-order valence-electron chi connectivity index (χ2n) is 5.52. The van der Waals surface area contributed by atoms with Crippen molar-refractivity contribution < 1.29 is 9.53 Å². The van der Waals surface area contributed by atoms with Crippen LogP contribution in [-0.2, 0) is 9.53 Å². The zero-order valence-electron chi connectivity index (χ0n) is 11.7. The number of benzene rings is 1. The van der Waals surface area contributed by atoms with Crippen LogP contribution in [0.1, 0.15) is 31.7 Å². The van der Waals surface area contributed by atoms with Crippen LogP contribution in [0.4, 0.5) is 0 Å². The molecule has 19 heavy (non-hydrogen) atoms. The molecule has 1 fully saturated rings. The fraction of sp³-hybridized carbons (Fsp3) is 0.471. The molecule has 0 saturated heterocycles. The van der Waals surface area contributed by atoms with Gasteiger partial charge in [0.1, 0.15) is 0 Å². The van der Waals surface area contributed by atoms with Crippen LogP contribution in [0.15, 0.2) is 36.4 Å². The number of rotatable bonds is 4. The molecule has 0 spiro atoms. The van der Waals surface area contributed by atoms with E-state index in [-0.39, 0.29) is 11.9 Å². The molecule has 2 heteroatoms. The van der Waals surface area contributed by atoms with E-state index in [0.29, 0.717) is 11.8 Å². The number of allylic oxidation sites excluding steroid dienone is 1. The number of hydrogen-bond acceptors (Lipinski definition) is 2. The topological polar surface area (TPSA) is 26.3 Å². The van der Waals surface area contributed by atoms with Gasteiger partial charge in [-0.15, -0.1) is 0 Å². The fourth-order valence-electron chi connectivity index (χ4n) is 3.05. The van der Waals surface area contributed by atoms with Crippen molar-refractivity contribution in [3.05, 3.63) is 42.0 Å². The van der Waals surface area contributed by atoms with Gasteiger partial charge in [-0.05, 0) is 36.7 Å². The first-order chi connectivity index (χ1) is 9.20. The van der Waals surface area contributed by atoms with Gasteiger partial charge in [0.05, 0.1) is 13.0 Å². The lowest BCUT2D eigenvalue weighted by molar-refractivity contribution is -0.146. The second kappa shape index (κ2) is 6.55. The van der Waals surface area contributed by atoms with Gasteiger partial charge in [0.2, 0.25) is 0 Å². The van der Waals surface area contributed by atoms with Gasteiger partial charge in [-0.1, -0.05) is 49.4 Å². The molecule has 1 saturated carbocycles. The zero-order chi connectivity index (χ0) is 13.7. The molecular weight excluding hydrogens is 236 g/mol. The minimum Gasteiger partial charge on any atom is -0.469 e. The molecule has 0 aliphatic heterocycles. The highest BCUT2D eigenvalue weighted by molar-refractivity contribution is 5.73. The molecule has 2 rings (SSSR count). The van der Waals surface area contributed by atoms with Gasteiger partial charge in [-0.2, -0.15) is 0 Å². The fourth-order valence-corrected chi connectivity index (χ4v) is 3.05. The predicted molar refractivity (Wildman–Crippen MR) is 77.5 cm³/mol. The van der Waals surface area contributed by atoms with Crippen molar-refractivity contribution in [3.63, 3.8) is 0 Å². The van der Waals surface area contributed by atoms with E-state index in [0.717, 1.165) is 19.3 Å². The minimum absolute atomic E-state index is 0.0394. The zero-order valence-corrected chi connectivity index (χ0v) is 11.7. The van der Waals surface area contributed by atoms with E-state index in [1.54, 1.807) is 0 Å². The largest absolute Gasteiger partial charge is 0.469 e. The van der Waals surface area contributed by atoms with Gasteiger partial charge in [0.15, 0.2) is 0 Å². The van der Waals surface area contributed by atoms with Crippen LogP contribution in [0.25, 0.3) is 6.08 Å². The molecule has 3 atom stereocenters. The smallest absolute Gasteiger partial charge is 0.308 e. The number of carbonyl (C=O) groups is 1. The summed E-state index contributed by atoms with van der Waals surface area (Å²) in [5, 5.41) is 0. The Bertz CT molecular complexity index is 436. The molecule has 1 aliphatic carbocycles. The third kappa shape index (κ3) is 3.69. The highest BCUT2D eigenvalue weighted by Gasteiger charge is 2.36. The number of hydrogen-bond donors (Lipinski definition) is 0. The van der Waals surface area contributed by atoms with E-state index >= 15 is 0 Å². The normalized spacial score (nSPS) is 26.7. The summed E-state index contributed by atoms with van der Waals surface area (Å²) in [7, 11) is 1.49. The lowest BCUT2D eigenvalue weighted by Gasteiger charge is -2.15. The monoisotopic (exact) mass is 258 g/mol. The molecule has 0 aromatic heterocycles. The van der Waals surface area contributed by atoms with Crippen LogP contribution in [0, 0.1) is 17.8 Å². The van der Waals surface area contributed by atoms with Crippen LogP contribution in [0.3, 0.4) is 0 Å². The Morgan fingerprint density at radius 2 is 2.05 bits per heavy atom. The van der Waals surface area contributed by atoms with E-state index in [9.17, 15) is 4.79 Å². The molecular formula is C17H22O2. The average Bonchev–Trinajstić information content (AvgIpc) is 2.80. The van der Waals surface area contributed by atoms with Gasteiger partial charge in [0, 0.05) is 0 Å². The quantitative estimate of drug-likeness (QED) is 0.765. The lowest BCUT2D eigenvalue weighted by Crippen LogP contribution is -2.19. The van der Waals surface area contributed by atoms with Crippen LogP contribution in [0.2, 0.25) is 0 Å².